The molecule has 1 rings (SSSR count). The summed E-state index contributed by atoms with van der Waals surface area (Å²) >= 11 is 0. The van der Waals surface area contributed by atoms with Crippen LogP contribution >= 0.6 is 0 Å². The van der Waals surface area contributed by atoms with Crippen molar-refractivity contribution < 1.29 is 48.0 Å². The first-order valence-corrected chi connectivity index (χ1v) is 13.5. The van der Waals surface area contributed by atoms with Crippen molar-refractivity contribution in [3.05, 3.63) is 23.8 Å². The van der Waals surface area contributed by atoms with Crippen LogP contribution in [-0.4, -0.2) is 52.7 Å². The van der Waals surface area contributed by atoms with Crippen LogP contribution < -0.4 is 15.2 Å². The Labute approximate surface area is 236 Å². The molecule has 0 fully saturated rings. The van der Waals surface area contributed by atoms with Crippen LogP contribution in [0.5, 0.6) is 11.5 Å². The monoisotopic (exact) mass is 567 g/mol. The second-order valence-corrected chi connectivity index (χ2v) is 11.4. The molecular formula is C29H45NO10. The predicted molar refractivity (Wildman–Crippen MR) is 147 cm³/mol. The Morgan fingerprint density at radius 3 is 1.75 bits per heavy atom. The van der Waals surface area contributed by atoms with Crippen LogP contribution in [0, 0.1) is 11.8 Å². The molecule has 4 atom stereocenters. The third-order valence-electron chi connectivity index (χ3n) is 6.91. The number of carbonyl (C=O) groups excluding carboxylic acids is 3. The van der Waals surface area contributed by atoms with Crippen LogP contribution in [0.2, 0.25) is 0 Å². The van der Waals surface area contributed by atoms with Gasteiger partial charge in [-0.2, -0.15) is 0 Å². The fourth-order valence-corrected chi connectivity index (χ4v) is 3.42. The normalized spacial score (nSPS) is 14.9. The molecule has 40 heavy (non-hydrogen) atoms. The Bertz CT molecular complexity index is 1050. The van der Waals surface area contributed by atoms with Crippen molar-refractivity contribution in [2.75, 3.05) is 0 Å². The maximum Gasteiger partial charge on any atom is 0.514 e. The summed E-state index contributed by atoms with van der Waals surface area (Å²) in [5.74, 6) is -3.92. The summed E-state index contributed by atoms with van der Waals surface area (Å²) in [6, 6.07) is 2.80. The van der Waals surface area contributed by atoms with E-state index in [1.54, 1.807) is 55.4 Å². The molecule has 0 saturated heterocycles. The van der Waals surface area contributed by atoms with E-state index < -0.39 is 59.4 Å². The second kappa shape index (κ2) is 14.3. The third kappa shape index (κ3) is 10.3. The van der Waals surface area contributed by atoms with Gasteiger partial charge in [-0.1, -0.05) is 40.7 Å². The highest BCUT2D eigenvalue weighted by Gasteiger charge is 2.36. The van der Waals surface area contributed by atoms with Gasteiger partial charge in [-0.15, -0.1) is 0 Å². The molecule has 0 radical (unpaired) electrons. The minimum atomic E-state index is -1.41. The number of rotatable bonds is 13. The number of hydrogen-bond donors (Lipinski definition) is 2. The number of benzene rings is 1. The van der Waals surface area contributed by atoms with Gasteiger partial charge in [0.2, 0.25) is 0 Å². The summed E-state index contributed by atoms with van der Waals surface area (Å²) in [5.41, 5.74) is 4.81. The molecule has 1 aromatic carbocycles. The van der Waals surface area contributed by atoms with Crippen molar-refractivity contribution in [2.24, 2.45) is 17.6 Å². The van der Waals surface area contributed by atoms with E-state index in [9.17, 15) is 24.3 Å². The number of nitrogens with two attached hydrogens (primary N) is 1. The molecule has 226 valence electrons. The van der Waals surface area contributed by atoms with E-state index in [2.05, 4.69) is 0 Å². The first kappa shape index (κ1) is 34.7. The summed E-state index contributed by atoms with van der Waals surface area (Å²) in [4.78, 5) is 49.3. The van der Waals surface area contributed by atoms with Gasteiger partial charge in [0, 0.05) is 11.8 Å². The van der Waals surface area contributed by atoms with Crippen molar-refractivity contribution in [3.63, 3.8) is 0 Å². The molecule has 1 aromatic rings. The highest BCUT2D eigenvalue weighted by molar-refractivity contribution is 5.75. The number of ether oxygens (including phenoxy) is 5. The van der Waals surface area contributed by atoms with E-state index >= 15 is 0 Å². The molecule has 0 aliphatic rings. The Morgan fingerprint density at radius 1 is 0.850 bits per heavy atom. The lowest BCUT2D eigenvalue weighted by molar-refractivity contribution is -0.155. The zero-order chi connectivity index (χ0) is 31.0. The van der Waals surface area contributed by atoms with E-state index in [0.29, 0.717) is 18.4 Å². The Hall–Kier alpha value is -3.34. The summed E-state index contributed by atoms with van der Waals surface area (Å²) < 4.78 is 27.0. The lowest BCUT2D eigenvalue weighted by Crippen LogP contribution is -2.43. The Kier molecular flexibility index (Phi) is 12.4. The molecule has 0 bridgehead atoms. The zero-order valence-corrected chi connectivity index (χ0v) is 25.2. The lowest BCUT2D eigenvalue weighted by Gasteiger charge is -2.32. The molecule has 3 unspecified atom stereocenters. The number of esters is 1. The van der Waals surface area contributed by atoms with Gasteiger partial charge in [0.05, 0.1) is 5.92 Å². The molecule has 0 aromatic heterocycles. The van der Waals surface area contributed by atoms with Crippen molar-refractivity contribution in [1.29, 1.82) is 0 Å². The maximum absolute atomic E-state index is 12.7. The number of aliphatic carboxylic acids is 1. The zero-order valence-electron chi connectivity index (χ0n) is 25.2. The van der Waals surface area contributed by atoms with Gasteiger partial charge in [0.15, 0.2) is 11.5 Å². The minimum absolute atomic E-state index is 0.151. The van der Waals surface area contributed by atoms with E-state index in [1.807, 2.05) is 13.8 Å². The smallest absolute Gasteiger partial charge is 0.480 e. The van der Waals surface area contributed by atoms with Gasteiger partial charge < -0.3 is 34.5 Å². The van der Waals surface area contributed by atoms with E-state index in [4.69, 9.17) is 29.4 Å². The number of hydrogen-bond acceptors (Lipinski definition) is 10. The van der Waals surface area contributed by atoms with Gasteiger partial charge in [-0.25, -0.2) is 9.59 Å². The molecule has 0 aliphatic carbocycles. The molecule has 0 amide bonds. The third-order valence-corrected chi connectivity index (χ3v) is 6.91. The quantitative estimate of drug-likeness (QED) is 0.168. The van der Waals surface area contributed by atoms with E-state index in [0.717, 1.165) is 0 Å². The fourth-order valence-electron chi connectivity index (χ4n) is 3.42. The molecule has 11 heteroatoms. The molecule has 3 N–H and O–H groups in total. The topological polar surface area (TPSA) is 161 Å². The summed E-state index contributed by atoms with van der Waals surface area (Å²) in [6.07, 6.45) is -1.75. The van der Waals surface area contributed by atoms with Crippen LogP contribution in [0.4, 0.5) is 9.59 Å². The van der Waals surface area contributed by atoms with Gasteiger partial charge in [-0.3, -0.25) is 9.59 Å². The van der Waals surface area contributed by atoms with Crippen LogP contribution in [0.15, 0.2) is 18.2 Å². The Balaban J connectivity index is 3.54. The van der Waals surface area contributed by atoms with Gasteiger partial charge in [0.1, 0.15) is 23.3 Å². The second-order valence-electron chi connectivity index (χ2n) is 11.4. The molecule has 11 nitrogen and oxygen atoms in total. The highest BCUT2D eigenvalue weighted by Crippen LogP contribution is 2.38. The number of carboxylic acids is 1. The maximum atomic E-state index is 12.7. The summed E-state index contributed by atoms with van der Waals surface area (Å²) in [5, 5.41) is 9.77. The summed E-state index contributed by atoms with van der Waals surface area (Å²) in [6.45, 7) is 17.2. The van der Waals surface area contributed by atoms with Crippen LogP contribution in [0.3, 0.4) is 0 Å². The van der Waals surface area contributed by atoms with Crippen molar-refractivity contribution >= 4 is 24.2 Å². The van der Waals surface area contributed by atoms with E-state index in [1.165, 1.54) is 18.2 Å². The first-order valence-electron chi connectivity index (χ1n) is 13.5. The average molecular weight is 568 g/mol. The van der Waals surface area contributed by atoms with Crippen LogP contribution in [0.25, 0.3) is 0 Å². The molecule has 0 aliphatic heterocycles. The molecule has 0 spiro atoms. The first-order chi connectivity index (χ1) is 18.3. The van der Waals surface area contributed by atoms with Gasteiger partial charge in [-0.05, 0) is 65.2 Å². The fraction of sp³-hybridized carbons (Fsp3) is 0.655. The SMILES string of the molecule is CCC(C)(C)OC(=O)Oc1ccc(C(C(C)C(C)OC(=O)C(C)C)[C@H](N)C(=O)O)cc1OC(=O)OC(C)(C)CC. The largest absolute Gasteiger partial charge is 0.514 e. The standard InChI is InChI=1S/C29H45NO10/c1-11-28(7,8)39-26(34)37-20-14-13-19(15-21(20)38-27(35)40-29(9,10)12-2)22(23(30)24(31)32)17(5)18(6)36-25(33)16(3)4/h13-18,22-23H,11-12,30H2,1-10H3,(H,31,32)/t17?,18?,22?,23-/m0/s1. The van der Waals surface area contributed by atoms with Crippen molar-refractivity contribution in [2.45, 2.75) is 111 Å². The predicted octanol–water partition coefficient (Wildman–Crippen LogP) is 5.81. The minimum Gasteiger partial charge on any atom is -0.480 e. The molecule has 0 saturated carbocycles. The van der Waals surface area contributed by atoms with Crippen LogP contribution in [0.1, 0.15) is 93.6 Å². The van der Waals surface area contributed by atoms with Gasteiger partial charge >= 0.3 is 24.2 Å². The highest BCUT2D eigenvalue weighted by atomic mass is 16.8. The number of carboxylic acid groups (broad SMARTS) is 1. The average Bonchev–Trinajstić information content (AvgIpc) is 2.84. The van der Waals surface area contributed by atoms with Crippen molar-refractivity contribution in [1.82, 2.24) is 0 Å². The van der Waals surface area contributed by atoms with E-state index in [-0.39, 0.29) is 17.4 Å². The van der Waals surface area contributed by atoms with Gasteiger partial charge in [0.25, 0.3) is 0 Å². The molecular weight excluding hydrogens is 522 g/mol. The van der Waals surface area contributed by atoms with Crippen LogP contribution in [-0.2, 0) is 23.8 Å². The summed E-state index contributed by atoms with van der Waals surface area (Å²) in [7, 11) is 0. The Morgan fingerprint density at radius 2 is 1.32 bits per heavy atom. The molecule has 0 heterocycles. The lowest BCUT2D eigenvalue weighted by atomic mass is 9.79. The van der Waals surface area contributed by atoms with Crippen molar-refractivity contribution in [3.8, 4) is 11.5 Å². The number of carbonyl (C=O) groups is 4.